The molecule has 0 aliphatic carbocycles. The maximum Gasteiger partial charge on any atom is 0.119 e. The molecule has 3 heteroatoms. The Labute approximate surface area is 181 Å². The highest BCUT2D eigenvalue weighted by molar-refractivity contribution is 5.85. The zero-order chi connectivity index (χ0) is 21.3. The summed E-state index contributed by atoms with van der Waals surface area (Å²) >= 11 is 0. The SMILES string of the molecule is C/C=C(\C=C/CCC)c1cccc(Cn2cc(CCNC)c3cc(OC)ccc32)c1. The van der Waals surface area contributed by atoms with Crippen molar-refractivity contribution in [1.29, 1.82) is 0 Å². The Hall–Kier alpha value is -2.78. The number of methoxy groups -OCH3 is 1. The Kier molecular flexibility index (Phi) is 7.92. The molecule has 0 spiro atoms. The van der Waals surface area contributed by atoms with Gasteiger partial charge in [0.15, 0.2) is 0 Å². The van der Waals surface area contributed by atoms with Crippen LogP contribution in [0, 0.1) is 0 Å². The summed E-state index contributed by atoms with van der Waals surface area (Å²) in [6, 6.07) is 15.3. The number of ether oxygens (including phenoxy) is 1. The van der Waals surface area contributed by atoms with Crippen LogP contribution in [-0.2, 0) is 13.0 Å². The number of unbranched alkanes of at least 4 members (excludes halogenated alkanes) is 1. The fraction of sp³-hybridized carbons (Fsp3) is 0.333. The highest BCUT2D eigenvalue weighted by Gasteiger charge is 2.10. The molecule has 0 radical (unpaired) electrons. The standard InChI is InChI=1S/C27H34N2O/c1-5-7-8-11-22(6-2)23-12-9-10-21(17-23)19-29-20-24(15-16-28-3)26-18-25(30-4)13-14-27(26)29/h6,8-14,17-18,20,28H,5,7,15-16,19H2,1-4H3/b11-8-,22-6+. The number of hydrogen-bond acceptors (Lipinski definition) is 2. The van der Waals surface area contributed by atoms with Crippen LogP contribution in [-0.4, -0.2) is 25.3 Å². The lowest BCUT2D eigenvalue weighted by Gasteiger charge is -2.09. The number of allylic oxidation sites excluding steroid dienone is 4. The molecule has 1 N–H and O–H groups in total. The molecule has 0 saturated heterocycles. The molecule has 0 aliphatic rings. The van der Waals surface area contributed by atoms with E-state index in [0.717, 1.165) is 31.7 Å². The fourth-order valence-corrected chi connectivity index (χ4v) is 3.85. The van der Waals surface area contributed by atoms with Crippen molar-refractivity contribution in [1.82, 2.24) is 9.88 Å². The Balaban J connectivity index is 1.92. The van der Waals surface area contributed by atoms with Gasteiger partial charge in [0, 0.05) is 23.6 Å². The Morgan fingerprint density at radius 3 is 2.77 bits per heavy atom. The number of benzene rings is 2. The number of aromatic nitrogens is 1. The summed E-state index contributed by atoms with van der Waals surface area (Å²) in [7, 11) is 3.73. The van der Waals surface area contributed by atoms with Crippen molar-refractivity contribution in [2.45, 2.75) is 39.7 Å². The lowest BCUT2D eigenvalue weighted by Crippen LogP contribution is -2.10. The van der Waals surface area contributed by atoms with Crippen molar-refractivity contribution in [3.8, 4) is 5.75 Å². The number of fused-ring (bicyclic) bond motifs is 1. The van der Waals surface area contributed by atoms with Crippen molar-refractivity contribution >= 4 is 16.5 Å². The summed E-state index contributed by atoms with van der Waals surface area (Å²) in [5, 5.41) is 4.54. The molecule has 1 heterocycles. The van der Waals surface area contributed by atoms with Crippen molar-refractivity contribution < 1.29 is 4.74 Å². The molecule has 3 rings (SSSR count). The van der Waals surface area contributed by atoms with Gasteiger partial charge in [0.05, 0.1) is 7.11 Å². The number of rotatable bonds is 10. The average Bonchev–Trinajstić information content (AvgIpc) is 3.12. The molecule has 0 bridgehead atoms. The second-order valence-corrected chi connectivity index (χ2v) is 7.65. The van der Waals surface area contributed by atoms with Crippen molar-refractivity contribution in [2.24, 2.45) is 0 Å². The Morgan fingerprint density at radius 1 is 1.17 bits per heavy atom. The molecule has 1 aromatic heterocycles. The second-order valence-electron chi connectivity index (χ2n) is 7.65. The summed E-state index contributed by atoms with van der Waals surface area (Å²) in [6.45, 7) is 6.13. The van der Waals surface area contributed by atoms with E-state index in [-0.39, 0.29) is 0 Å². The lowest BCUT2D eigenvalue weighted by atomic mass is 10.0. The van der Waals surface area contributed by atoms with Gasteiger partial charge in [0.25, 0.3) is 0 Å². The summed E-state index contributed by atoms with van der Waals surface area (Å²) in [5.74, 6) is 0.907. The molecule has 0 unspecified atom stereocenters. The maximum absolute atomic E-state index is 5.47. The predicted octanol–water partition coefficient (Wildman–Crippen LogP) is 6.22. The van der Waals surface area contributed by atoms with Gasteiger partial charge in [0.2, 0.25) is 0 Å². The number of nitrogens with zero attached hydrogens (tertiary/aromatic N) is 1. The van der Waals surface area contributed by atoms with Gasteiger partial charge >= 0.3 is 0 Å². The summed E-state index contributed by atoms with van der Waals surface area (Å²) in [4.78, 5) is 0. The van der Waals surface area contributed by atoms with E-state index in [1.54, 1.807) is 7.11 Å². The van der Waals surface area contributed by atoms with Crippen LogP contribution >= 0.6 is 0 Å². The van der Waals surface area contributed by atoms with Gasteiger partial charge in [-0.15, -0.1) is 0 Å². The van der Waals surface area contributed by atoms with Gasteiger partial charge in [-0.25, -0.2) is 0 Å². The van der Waals surface area contributed by atoms with Crippen LogP contribution in [0.15, 0.2) is 66.9 Å². The van der Waals surface area contributed by atoms with Crippen molar-refractivity contribution in [3.63, 3.8) is 0 Å². The van der Waals surface area contributed by atoms with Crippen LogP contribution in [0.1, 0.15) is 43.4 Å². The number of hydrogen-bond donors (Lipinski definition) is 1. The van der Waals surface area contributed by atoms with Crippen LogP contribution in [0.3, 0.4) is 0 Å². The van der Waals surface area contributed by atoms with Crippen LogP contribution in [0.25, 0.3) is 16.5 Å². The topological polar surface area (TPSA) is 26.2 Å². The van der Waals surface area contributed by atoms with E-state index in [9.17, 15) is 0 Å². The van der Waals surface area contributed by atoms with Crippen LogP contribution in [0.4, 0.5) is 0 Å². The molecule has 0 atom stereocenters. The molecule has 0 fully saturated rings. The molecule has 3 nitrogen and oxygen atoms in total. The number of likely N-dealkylation sites (N-methyl/N-ethyl adjacent to an activating group) is 1. The molecule has 2 aromatic carbocycles. The molecule has 0 aliphatic heterocycles. The van der Waals surface area contributed by atoms with Gasteiger partial charge in [-0.1, -0.05) is 49.8 Å². The molecule has 0 amide bonds. The third kappa shape index (κ3) is 5.22. The maximum atomic E-state index is 5.47. The largest absolute Gasteiger partial charge is 0.497 e. The van der Waals surface area contributed by atoms with E-state index in [4.69, 9.17) is 4.74 Å². The van der Waals surface area contributed by atoms with E-state index in [1.807, 2.05) is 13.1 Å². The van der Waals surface area contributed by atoms with Gasteiger partial charge in [-0.3, -0.25) is 0 Å². The van der Waals surface area contributed by atoms with E-state index < -0.39 is 0 Å². The van der Waals surface area contributed by atoms with Gasteiger partial charge in [-0.05, 0) is 79.9 Å². The predicted molar refractivity (Wildman–Crippen MR) is 129 cm³/mol. The quantitative estimate of drug-likeness (QED) is 0.407. The third-order valence-corrected chi connectivity index (χ3v) is 5.49. The normalized spacial score (nSPS) is 12.2. The van der Waals surface area contributed by atoms with E-state index in [1.165, 1.54) is 39.6 Å². The summed E-state index contributed by atoms with van der Waals surface area (Å²) in [5.41, 5.74) is 6.47. The van der Waals surface area contributed by atoms with E-state index >= 15 is 0 Å². The zero-order valence-corrected chi connectivity index (χ0v) is 18.7. The fourth-order valence-electron chi connectivity index (χ4n) is 3.85. The molecule has 0 saturated carbocycles. The monoisotopic (exact) mass is 402 g/mol. The lowest BCUT2D eigenvalue weighted by molar-refractivity contribution is 0.415. The van der Waals surface area contributed by atoms with E-state index in [0.29, 0.717) is 0 Å². The second kappa shape index (κ2) is 10.8. The number of nitrogens with one attached hydrogen (secondary N) is 1. The summed E-state index contributed by atoms with van der Waals surface area (Å²) < 4.78 is 7.83. The van der Waals surface area contributed by atoms with Crippen LogP contribution in [0.5, 0.6) is 5.75 Å². The highest BCUT2D eigenvalue weighted by atomic mass is 16.5. The molecule has 3 aromatic rings. The molecule has 30 heavy (non-hydrogen) atoms. The Bertz CT molecular complexity index is 1030. The van der Waals surface area contributed by atoms with Crippen molar-refractivity contribution in [3.05, 3.63) is 83.6 Å². The van der Waals surface area contributed by atoms with Crippen LogP contribution in [0.2, 0.25) is 0 Å². The summed E-state index contributed by atoms with van der Waals surface area (Å²) in [6.07, 6.45) is 12.3. The first-order valence-corrected chi connectivity index (χ1v) is 10.9. The van der Waals surface area contributed by atoms with Crippen molar-refractivity contribution in [2.75, 3.05) is 20.7 Å². The first-order valence-electron chi connectivity index (χ1n) is 10.9. The average molecular weight is 403 g/mol. The van der Waals surface area contributed by atoms with Gasteiger partial charge < -0.3 is 14.6 Å². The molecular weight excluding hydrogens is 368 g/mol. The third-order valence-electron chi connectivity index (χ3n) is 5.49. The van der Waals surface area contributed by atoms with Gasteiger partial charge in [0.1, 0.15) is 5.75 Å². The minimum atomic E-state index is 0.853. The van der Waals surface area contributed by atoms with Gasteiger partial charge in [-0.2, -0.15) is 0 Å². The van der Waals surface area contributed by atoms with E-state index in [2.05, 4.69) is 84.6 Å². The Morgan fingerprint density at radius 2 is 2.03 bits per heavy atom. The zero-order valence-electron chi connectivity index (χ0n) is 18.7. The molecule has 158 valence electrons. The minimum absolute atomic E-state index is 0.853. The molecular formula is C27H34N2O. The van der Waals surface area contributed by atoms with Crippen LogP contribution < -0.4 is 10.1 Å². The minimum Gasteiger partial charge on any atom is -0.497 e. The smallest absolute Gasteiger partial charge is 0.119 e. The first-order chi connectivity index (χ1) is 14.7. The highest BCUT2D eigenvalue weighted by Crippen LogP contribution is 2.28. The first kappa shape index (κ1) is 21.9.